The topological polar surface area (TPSA) is 99.2 Å². The van der Waals surface area contributed by atoms with Crippen LogP contribution < -0.4 is 4.90 Å². The first-order valence-electron chi connectivity index (χ1n) is 9.01. The first kappa shape index (κ1) is 19.6. The number of amides is 2. The number of carbonyl (C=O) groups excluding carboxylic acids is 4. The van der Waals surface area contributed by atoms with E-state index in [1.54, 1.807) is 24.3 Å². The molecule has 152 valence electrons. The summed E-state index contributed by atoms with van der Waals surface area (Å²) in [7, 11) is 0. The lowest BCUT2D eigenvalue weighted by atomic mass is 9.76. The zero-order valence-corrected chi connectivity index (χ0v) is 16.6. The molecule has 0 aromatic heterocycles. The lowest BCUT2D eigenvalue weighted by molar-refractivity contribution is -0.226. The van der Waals surface area contributed by atoms with E-state index in [-0.39, 0.29) is 0 Å². The smallest absolute Gasteiger partial charge is 0.305 e. The third kappa shape index (κ3) is 2.86. The van der Waals surface area contributed by atoms with Crippen LogP contribution in [0.2, 0.25) is 5.02 Å². The minimum Gasteiger partial charge on any atom is -0.422 e. The number of hydrogen-bond acceptors (Lipinski definition) is 7. The minimum atomic E-state index is -1.57. The molecule has 1 aromatic carbocycles. The molecule has 29 heavy (non-hydrogen) atoms. The van der Waals surface area contributed by atoms with Gasteiger partial charge >= 0.3 is 11.9 Å². The van der Waals surface area contributed by atoms with Crippen LogP contribution in [-0.2, 0) is 33.4 Å². The van der Waals surface area contributed by atoms with Crippen molar-refractivity contribution in [3.8, 4) is 0 Å². The Bertz CT molecular complexity index is 958. The van der Waals surface area contributed by atoms with Crippen LogP contribution >= 0.6 is 11.6 Å². The average molecular weight is 420 g/mol. The molecule has 3 aliphatic rings. The molecule has 3 aliphatic heterocycles. The quantitative estimate of drug-likeness (QED) is 0.318. The fraction of sp³-hybridized carbons (Fsp3) is 0.400. The van der Waals surface area contributed by atoms with Gasteiger partial charge in [0.2, 0.25) is 11.8 Å². The summed E-state index contributed by atoms with van der Waals surface area (Å²) in [6.07, 6.45) is 0.965. The van der Waals surface area contributed by atoms with E-state index in [4.69, 9.17) is 25.8 Å². The number of fused-ring (bicyclic) bond motifs is 5. The fourth-order valence-electron chi connectivity index (χ4n) is 4.19. The summed E-state index contributed by atoms with van der Waals surface area (Å²) < 4.78 is 16.2. The van der Waals surface area contributed by atoms with Crippen molar-refractivity contribution in [1.82, 2.24) is 0 Å². The van der Waals surface area contributed by atoms with Crippen LogP contribution in [0, 0.1) is 18.8 Å². The second kappa shape index (κ2) is 6.67. The first-order chi connectivity index (χ1) is 13.7. The van der Waals surface area contributed by atoms with Crippen molar-refractivity contribution in [3.05, 3.63) is 40.9 Å². The third-order valence-electron chi connectivity index (χ3n) is 5.41. The summed E-state index contributed by atoms with van der Waals surface area (Å²) >= 11 is 6.17. The molecule has 3 heterocycles. The van der Waals surface area contributed by atoms with Gasteiger partial charge in [0.1, 0.15) is 0 Å². The highest BCUT2D eigenvalue weighted by Crippen LogP contribution is 2.54. The second-order valence-electron chi connectivity index (χ2n) is 7.29. The molecule has 0 unspecified atom stereocenters. The molecule has 8 nitrogen and oxygen atoms in total. The van der Waals surface area contributed by atoms with Crippen LogP contribution in [0.15, 0.2) is 30.4 Å². The summed E-state index contributed by atoms with van der Waals surface area (Å²) in [6.45, 7) is 4.11. The van der Waals surface area contributed by atoms with Gasteiger partial charge in [-0.2, -0.15) is 0 Å². The van der Waals surface area contributed by atoms with Crippen LogP contribution in [0.5, 0.6) is 0 Å². The maximum Gasteiger partial charge on any atom is 0.305 e. The standard InChI is InChI=1S/C20H18ClNO7/c1-9-4-5-12(8-13(9)21)22-17(25)15-14-6-7-20(29-14,16(15)18(22)26)19(27-10(2)23)28-11(3)24/h4-8,14-16,19H,1-3H3/t14-,15-,16+,20-/m0/s1. The highest BCUT2D eigenvalue weighted by molar-refractivity contribution is 6.32. The molecular formula is C20H18ClNO7. The molecular weight excluding hydrogens is 402 g/mol. The Hall–Kier alpha value is -2.71. The van der Waals surface area contributed by atoms with E-state index in [1.165, 1.54) is 6.08 Å². The Balaban J connectivity index is 1.75. The van der Waals surface area contributed by atoms with E-state index in [1.807, 2.05) is 6.92 Å². The van der Waals surface area contributed by atoms with Gasteiger partial charge in [0.25, 0.3) is 6.29 Å². The van der Waals surface area contributed by atoms with E-state index in [0.29, 0.717) is 10.7 Å². The molecule has 2 saturated heterocycles. The van der Waals surface area contributed by atoms with Crippen molar-refractivity contribution >= 4 is 41.0 Å². The predicted molar refractivity (Wildman–Crippen MR) is 99.7 cm³/mol. The highest BCUT2D eigenvalue weighted by Gasteiger charge is 2.72. The molecule has 0 spiro atoms. The zero-order chi connectivity index (χ0) is 21.1. The van der Waals surface area contributed by atoms with Crippen LogP contribution in [-0.4, -0.2) is 41.7 Å². The predicted octanol–water partition coefficient (Wildman–Crippen LogP) is 1.91. The van der Waals surface area contributed by atoms with Gasteiger partial charge in [-0.15, -0.1) is 0 Å². The van der Waals surface area contributed by atoms with Gasteiger partial charge in [0.15, 0.2) is 5.60 Å². The Morgan fingerprint density at radius 1 is 1.17 bits per heavy atom. The molecule has 1 aromatic rings. The third-order valence-corrected chi connectivity index (χ3v) is 5.81. The number of esters is 2. The van der Waals surface area contributed by atoms with Crippen molar-refractivity contribution in [1.29, 1.82) is 0 Å². The summed E-state index contributed by atoms with van der Waals surface area (Å²) in [5.41, 5.74) is -0.417. The summed E-state index contributed by atoms with van der Waals surface area (Å²) in [5, 5.41) is 0.421. The molecule has 0 N–H and O–H groups in total. The van der Waals surface area contributed by atoms with E-state index in [0.717, 1.165) is 24.3 Å². The van der Waals surface area contributed by atoms with Crippen LogP contribution in [0.25, 0.3) is 0 Å². The maximum atomic E-state index is 13.3. The number of benzene rings is 1. The van der Waals surface area contributed by atoms with Gasteiger partial charge in [0.05, 0.1) is 23.6 Å². The van der Waals surface area contributed by atoms with Crippen molar-refractivity contribution in [3.63, 3.8) is 0 Å². The van der Waals surface area contributed by atoms with E-state index in [9.17, 15) is 19.2 Å². The van der Waals surface area contributed by atoms with Crippen molar-refractivity contribution < 1.29 is 33.4 Å². The van der Waals surface area contributed by atoms with Gasteiger partial charge in [-0.05, 0) is 30.7 Å². The SMILES string of the molecule is CC(=O)OC(OC(C)=O)[C@@]12C=C[C@H](O1)[C@@H]1C(=O)N(c3ccc(C)c(Cl)c3)C(=O)[C@@H]12. The van der Waals surface area contributed by atoms with E-state index < -0.39 is 53.6 Å². The van der Waals surface area contributed by atoms with Crippen molar-refractivity contribution in [2.24, 2.45) is 11.8 Å². The highest BCUT2D eigenvalue weighted by atomic mass is 35.5. The van der Waals surface area contributed by atoms with Gasteiger partial charge in [-0.1, -0.05) is 23.7 Å². The van der Waals surface area contributed by atoms with Gasteiger partial charge in [-0.3, -0.25) is 19.2 Å². The minimum absolute atomic E-state index is 0.344. The summed E-state index contributed by atoms with van der Waals surface area (Å²) in [5.74, 6) is -4.23. The number of halogens is 1. The first-order valence-corrected chi connectivity index (χ1v) is 9.39. The number of carbonyl (C=O) groups is 4. The number of aryl methyl sites for hydroxylation is 1. The fourth-order valence-corrected chi connectivity index (χ4v) is 4.37. The van der Waals surface area contributed by atoms with E-state index in [2.05, 4.69) is 0 Å². The van der Waals surface area contributed by atoms with Gasteiger partial charge in [0, 0.05) is 18.9 Å². The Morgan fingerprint density at radius 3 is 2.41 bits per heavy atom. The number of nitrogens with zero attached hydrogens (tertiary/aromatic N) is 1. The molecule has 4 atom stereocenters. The molecule has 9 heteroatoms. The molecule has 2 amide bonds. The van der Waals surface area contributed by atoms with E-state index >= 15 is 0 Å². The van der Waals surface area contributed by atoms with Crippen LogP contribution in [0.1, 0.15) is 19.4 Å². The molecule has 2 bridgehead atoms. The number of imide groups is 1. The Morgan fingerprint density at radius 2 is 1.83 bits per heavy atom. The van der Waals surface area contributed by atoms with Gasteiger partial charge in [-0.25, -0.2) is 4.90 Å². The second-order valence-corrected chi connectivity index (χ2v) is 7.70. The largest absolute Gasteiger partial charge is 0.422 e. The molecule has 2 fully saturated rings. The Labute approximate surface area is 171 Å². The maximum absolute atomic E-state index is 13.3. The average Bonchev–Trinajstić information content (AvgIpc) is 3.28. The number of anilines is 1. The number of hydrogen-bond donors (Lipinski definition) is 0. The monoisotopic (exact) mass is 419 g/mol. The molecule has 0 aliphatic carbocycles. The lowest BCUT2D eigenvalue weighted by Crippen LogP contribution is -2.52. The van der Waals surface area contributed by atoms with Crippen LogP contribution in [0.3, 0.4) is 0 Å². The molecule has 0 radical (unpaired) electrons. The Kier molecular flexibility index (Phi) is 4.51. The zero-order valence-electron chi connectivity index (χ0n) is 15.9. The summed E-state index contributed by atoms with van der Waals surface area (Å²) in [4.78, 5) is 50.7. The molecule has 0 saturated carbocycles. The molecule has 4 rings (SSSR count). The lowest BCUT2D eigenvalue weighted by Gasteiger charge is -2.34. The summed E-state index contributed by atoms with van der Waals surface area (Å²) in [6, 6.07) is 4.90. The number of rotatable bonds is 4. The van der Waals surface area contributed by atoms with Crippen molar-refractivity contribution in [2.75, 3.05) is 4.90 Å². The van der Waals surface area contributed by atoms with Crippen LogP contribution in [0.4, 0.5) is 5.69 Å². The van der Waals surface area contributed by atoms with Crippen molar-refractivity contribution in [2.45, 2.75) is 38.8 Å². The van der Waals surface area contributed by atoms with Gasteiger partial charge < -0.3 is 14.2 Å². The normalized spacial score (nSPS) is 29.6. The number of ether oxygens (including phenoxy) is 3.